The van der Waals surface area contributed by atoms with Crippen molar-refractivity contribution in [2.24, 2.45) is 17.3 Å². The smallest absolute Gasteiger partial charge is 0.256 e. The van der Waals surface area contributed by atoms with Crippen LogP contribution < -0.4 is 21.3 Å². The molecule has 4 amide bonds. The molecule has 3 aromatic rings. The second-order valence-electron chi connectivity index (χ2n) is 15.1. The highest BCUT2D eigenvalue weighted by Crippen LogP contribution is 2.49. The van der Waals surface area contributed by atoms with Gasteiger partial charge in [0.2, 0.25) is 11.8 Å². The molecule has 12 nitrogen and oxygen atoms in total. The zero-order valence-electron chi connectivity index (χ0n) is 30.8. The van der Waals surface area contributed by atoms with E-state index in [0.717, 1.165) is 51.4 Å². The Morgan fingerprint density at radius 2 is 0.925 bits per heavy atom. The van der Waals surface area contributed by atoms with E-state index < -0.39 is 11.8 Å². The molecule has 2 fully saturated rings. The number of ether oxygens (including phenoxy) is 2. The fraction of sp³-hybridized carbons (Fsp3) is 0.512. The van der Waals surface area contributed by atoms with Crippen molar-refractivity contribution < 1.29 is 28.7 Å². The molecular formula is C41H52N6O6. The lowest BCUT2D eigenvalue weighted by Gasteiger charge is -2.46. The van der Waals surface area contributed by atoms with Crippen molar-refractivity contribution in [1.29, 1.82) is 0 Å². The molecule has 2 aromatic heterocycles. The Balaban J connectivity index is 1.10. The largest absolute Gasteiger partial charge is 0.378 e. The maximum atomic E-state index is 13.1. The second-order valence-corrected chi connectivity index (χ2v) is 15.1. The highest BCUT2D eigenvalue weighted by Gasteiger charge is 2.40. The van der Waals surface area contributed by atoms with Crippen molar-refractivity contribution in [2.45, 2.75) is 103 Å². The Morgan fingerprint density at radius 3 is 1.34 bits per heavy atom. The monoisotopic (exact) mass is 724 g/mol. The zero-order valence-corrected chi connectivity index (χ0v) is 30.8. The van der Waals surface area contributed by atoms with Crippen LogP contribution in [0.3, 0.4) is 0 Å². The van der Waals surface area contributed by atoms with E-state index in [2.05, 4.69) is 45.1 Å². The first-order chi connectivity index (χ1) is 25.6. The van der Waals surface area contributed by atoms with Crippen molar-refractivity contribution in [2.75, 3.05) is 34.5 Å². The molecule has 4 N–H and O–H groups in total. The van der Waals surface area contributed by atoms with E-state index in [4.69, 9.17) is 9.47 Å². The molecule has 0 saturated heterocycles. The average molecular weight is 725 g/mol. The number of rotatable bonds is 0. The van der Waals surface area contributed by atoms with E-state index in [0.29, 0.717) is 62.4 Å². The van der Waals surface area contributed by atoms with E-state index in [1.54, 1.807) is 54.6 Å². The number of anilines is 4. The number of carbonyl (C=O) groups excluding carboxylic acids is 4. The molecule has 53 heavy (non-hydrogen) atoms. The molecule has 10 bridgehead atoms. The molecule has 282 valence electrons. The van der Waals surface area contributed by atoms with Crippen LogP contribution in [0.25, 0.3) is 0 Å². The highest BCUT2D eigenvalue weighted by molar-refractivity contribution is 6.08. The normalized spacial score (nSPS) is 25.2. The molecule has 2 saturated carbocycles. The molecule has 0 atom stereocenters. The third kappa shape index (κ3) is 10.7. The highest BCUT2D eigenvalue weighted by atomic mass is 16.5. The summed E-state index contributed by atoms with van der Waals surface area (Å²) in [6.45, 7) is 5.96. The fourth-order valence-electron chi connectivity index (χ4n) is 7.98. The molecule has 0 spiro atoms. The number of hydrogen-bond donors (Lipinski definition) is 4. The van der Waals surface area contributed by atoms with Crippen molar-refractivity contribution in [3.63, 3.8) is 0 Å². The van der Waals surface area contributed by atoms with Gasteiger partial charge in [-0.25, -0.2) is 9.97 Å². The van der Waals surface area contributed by atoms with Gasteiger partial charge in [-0.2, -0.15) is 0 Å². The predicted octanol–water partition coefficient (Wildman–Crippen LogP) is 7.61. The number of aromatic nitrogens is 2. The van der Waals surface area contributed by atoms with Gasteiger partial charge in [-0.3, -0.25) is 19.2 Å². The maximum absolute atomic E-state index is 13.1. The zero-order chi connectivity index (χ0) is 37.2. The summed E-state index contributed by atoms with van der Waals surface area (Å²) in [5.74, 6) is 1.21. The van der Waals surface area contributed by atoms with Crippen LogP contribution in [-0.4, -0.2) is 59.0 Å². The topological polar surface area (TPSA) is 161 Å². The van der Waals surface area contributed by atoms with E-state index in [1.807, 2.05) is 0 Å². The molecule has 12 heteroatoms. The van der Waals surface area contributed by atoms with Crippen LogP contribution in [0.2, 0.25) is 0 Å². The summed E-state index contributed by atoms with van der Waals surface area (Å²) in [5.41, 5.74) is 0.749. The van der Waals surface area contributed by atoms with Crippen LogP contribution in [-0.2, 0) is 19.1 Å². The lowest BCUT2D eigenvalue weighted by molar-refractivity contribution is -0.117. The van der Waals surface area contributed by atoms with Gasteiger partial charge >= 0.3 is 0 Å². The lowest BCUT2D eigenvalue weighted by Crippen LogP contribution is -2.39. The van der Waals surface area contributed by atoms with Gasteiger partial charge in [-0.05, 0) is 124 Å². The standard InChI is InChI=1S/C41H52N6O6/c1-41(2)29-16-20-31(21-17-29)52-24-6-14-37(48)44-33-10-4-12-35(42-33)46-39(50)27-8-3-9-28(26-27)40(51)47-36-13-5-11-34(43-36)45-38(49)15-7-25-53-32-22-18-30(41)19-23-32/h3-5,8-13,26,29-32H,6-7,14-25H2,1-2H3,(H2,42,44,46,48,50)(H2,43,45,47,49,51). The number of benzene rings is 1. The number of amides is 4. The van der Waals surface area contributed by atoms with E-state index >= 15 is 0 Å². The molecule has 1 aromatic carbocycles. The van der Waals surface area contributed by atoms with E-state index in [9.17, 15) is 19.2 Å². The van der Waals surface area contributed by atoms with Gasteiger partial charge in [-0.1, -0.05) is 32.0 Å². The summed E-state index contributed by atoms with van der Waals surface area (Å²) in [5, 5.41) is 11.1. The summed E-state index contributed by atoms with van der Waals surface area (Å²) in [6, 6.07) is 16.2. The number of nitrogens with zero attached hydrogens (tertiary/aromatic N) is 2. The van der Waals surface area contributed by atoms with Crippen LogP contribution in [0.5, 0.6) is 0 Å². The van der Waals surface area contributed by atoms with Gasteiger partial charge < -0.3 is 30.7 Å². The molecular weight excluding hydrogens is 672 g/mol. The van der Waals surface area contributed by atoms with Gasteiger partial charge in [0.05, 0.1) is 12.2 Å². The Morgan fingerprint density at radius 1 is 0.547 bits per heavy atom. The first-order valence-electron chi connectivity index (χ1n) is 19.1. The van der Waals surface area contributed by atoms with E-state index in [1.165, 1.54) is 6.07 Å². The Kier molecular flexibility index (Phi) is 12.9. The summed E-state index contributed by atoms with van der Waals surface area (Å²) in [6.07, 6.45) is 11.1. The number of nitrogens with one attached hydrogen (secondary N) is 4. The molecule has 3 aliphatic heterocycles. The first kappa shape index (κ1) is 38.1. The van der Waals surface area contributed by atoms with Gasteiger partial charge in [0.25, 0.3) is 11.8 Å². The first-order valence-corrected chi connectivity index (χ1v) is 19.1. The predicted molar refractivity (Wildman–Crippen MR) is 204 cm³/mol. The van der Waals surface area contributed by atoms with Gasteiger partial charge in [-0.15, -0.1) is 0 Å². The molecule has 8 rings (SSSR count). The summed E-state index contributed by atoms with van der Waals surface area (Å²) < 4.78 is 12.4. The molecule has 2 aliphatic carbocycles. The Bertz CT molecular complexity index is 1630. The van der Waals surface area contributed by atoms with Crippen LogP contribution in [0.1, 0.15) is 112 Å². The second kappa shape index (κ2) is 17.9. The molecule has 0 radical (unpaired) electrons. The third-order valence-electron chi connectivity index (χ3n) is 11.2. The van der Waals surface area contributed by atoms with Crippen LogP contribution in [0, 0.1) is 17.3 Å². The van der Waals surface area contributed by atoms with Crippen molar-refractivity contribution in [3.8, 4) is 0 Å². The molecule has 5 aliphatic rings. The van der Waals surface area contributed by atoms with Crippen molar-refractivity contribution in [3.05, 3.63) is 71.8 Å². The van der Waals surface area contributed by atoms with Gasteiger partial charge in [0.15, 0.2) is 0 Å². The number of carbonyl (C=O) groups is 4. The average Bonchev–Trinajstić information content (AvgIpc) is 3.15. The van der Waals surface area contributed by atoms with E-state index in [-0.39, 0.29) is 52.2 Å². The quantitative estimate of drug-likeness (QED) is 0.184. The van der Waals surface area contributed by atoms with Gasteiger partial charge in [0, 0.05) is 37.2 Å². The number of hydrogen-bond acceptors (Lipinski definition) is 8. The van der Waals surface area contributed by atoms with Gasteiger partial charge in [0.1, 0.15) is 23.3 Å². The van der Waals surface area contributed by atoms with Crippen molar-refractivity contribution >= 4 is 46.9 Å². The Labute approximate surface area is 311 Å². The summed E-state index contributed by atoms with van der Waals surface area (Å²) in [7, 11) is 0. The third-order valence-corrected chi connectivity index (χ3v) is 11.2. The van der Waals surface area contributed by atoms with Crippen LogP contribution in [0.15, 0.2) is 60.7 Å². The minimum absolute atomic E-state index is 0.173. The maximum Gasteiger partial charge on any atom is 0.256 e. The number of fused-ring (bicyclic) bond motifs is 2. The minimum Gasteiger partial charge on any atom is -0.378 e. The fourth-order valence-corrected chi connectivity index (χ4v) is 7.98. The van der Waals surface area contributed by atoms with Crippen molar-refractivity contribution in [1.82, 2.24) is 9.97 Å². The van der Waals surface area contributed by atoms with Crippen LogP contribution >= 0.6 is 0 Å². The number of pyridine rings is 2. The lowest BCUT2D eigenvalue weighted by atomic mass is 9.60. The van der Waals surface area contributed by atoms with Crippen LogP contribution in [0.4, 0.5) is 23.3 Å². The summed E-state index contributed by atoms with van der Waals surface area (Å²) in [4.78, 5) is 60.4. The summed E-state index contributed by atoms with van der Waals surface area (Å²) >= 11 is 0. The molecule has 5 heterocycles. The minimum atomic E-state index is -0.469. The SMILES string of the molecule is CC1(C)C2CCC(CC2)OCCCC(=O)Nc2cccc(n2)NC(=O)c2cccc(c2)C(=O)Nc2cccc(n2)NC(=O)CCCOC2CCC1CC2. The molecule has 0 unspecified atom stereocenters. The Hall–Kier alpha value is -4.68.